The molecule has 1 heterocycles. The number of aliphatic hydroxyl groups is 1. The van der Waals surface area contributed by atoms with Gasteiger partial charge in [-0.15, -0.1) is 0 Å². The summed E-state index contributed by atoms with van der Waals surface area (Å²) < 4.78 is 1.50. The Morgan fingerprint density at radius 2 is 2.33 bits per heavy atom. The zero-order valence-electron chi connectivity index (χ0n) is 8.14. The Balaban J connectivity index is 2.26. The zero-order valence-corrected chi connectivity index (χ0v) is 8.14. The first-order chi connectivity index (χ1) is 7.20. The fraction of sp³-hybridized carbons (Fsp3) is 0.400. The van der Waals surface area contributed by atoms with Crippen molar-refractivity contribution in [3.63, 3.8) is 0 Å². The summed E-state index contributed by atoms with van der Waals surface area (Å²) in [5.41, 5.74) is 0.169. The number of rotatable bonds is 2. The van der Waals surface area contributed by atoms with Crippen LogP contribution < -0.4 is 11.2 Å². The van der Waals surface area contributed by atoms with E-state index in [2.05, 4.69) is 4.98 Å². The lowest BCUT2D eigenvalue weighted by atomic mass is 10.2. The van der Waals surface area contributed by atoms with Crippen LogP contribution in [0.1, 0.15) is 18.9 Å². The summed E-state index contributed by atoms with van der Waals surface area (Å²) in [5.74, 6) is 0. The first kappa shape index (κ1) is 9.92. The summed E-state index contributed by atoms with van der Waals surface area (Å²) in [7, 11) is 0. The van der Waals surface area contributed by atoms with E-state index in [0.717, 1.165) is 12.0 Å². The fourth-order valence-corrected chi connectivity index (χ4v) is 1.83. The quantitative estimate of drug-likeness (QED) is 0.660. The van der Waals surface area contributed by atoms with Crippen LogP contribution in [-0.4, -0.2) is 21.3 Å². The van der Waals surface area contributed by atoms with Crippen LogP contribution in [0.15, 0.2) is 33.5 Å². The van der Waals surface area contributed by atoms with Gasteiger partial charge in [-0.05, 0) is 18.4 Å². The highest BCUT2D eigenvalue weighted by atomic mass is 16.3. The number of aromatic nitrogens is 2. The van der Waals surface area contributed by atoms with Gasteiger partial charge in [0.05, 0.1) is 6.61 Å². The van der Waals surface area contributed by atoms with Gasteiger partial charge in [0.25, 0.3) is 5.56 Å². The number of aliphatic hydroxyl groups excluding tert-OH is 1. The SMILES string of the molecule is O=c1ccn([C@H]2CC=C(CO)C2)c(=O)[nH]1. The Labute approximate surface area is 85.7 Å². The molecule has 1 aliphatic carbocycles. The zero-order chi connectivity index (χ0) is 10.8. The lowest BCUT2D eigenvalue weighted by Crippen LogP contribution is -2.30. The van der Waals surface area contributed by atoms with E-state index in [-0.39, 0.29) is 23.9 Å². The molecule has 80 valence electrons. The number of nitrogens with zero attached hydrogens (tertiary/aromatic N) is 1. The van der Waals surface area contributed by atoms with Crippen molar-refractivity contribution < 1.29 is 5.11 Å². The van der Waals surface area contributed by atoms with Crippen LogP contribution in [-0.2, 0) is 0 Å². The number of aromatic amines is 1. The van der Waals surface area contributed by atoms with Crippen molar-refractivity contribution >= 4 is 0 Å². The highest BCUT2D eigenvalue weighted by molar-refractivity contribution is 5.12. The van der Waals surface area contributed by atoms with Gasteiger partial charge < -0.3 is 5.11 Å². The van der Waals surface area contributed by atoms with Gasteiger partial charge in [-0.1, -0.05) is 6.08 Å². The molecular weight excluding hydrogens is 196 g/mol. The Kier molecular flexibility index (Phi) is 2.55. The molecule has 0 spiro atoms. The number of hydrogen-bond acceptors (Lipinski definition) is 3. The molecule has 0 amide bonds. The number of hydrogen-bond donors (Lipinski definition) is 2. The van der Waals surface area contributed by atoms with Crippen molar-refractivity contribution in [3.8, 4) is 0 Å². The maximum absolute atomic E-state index is 11.4. The van der Waals surface area contributed by atoms with Crippen molar-refractivity contribution in [2.45, 2.75) is 18.9 Å². The van der Waals surface area contributed by atoms with Crippen molar-refractivity contribution in [2.75, 3.05) is 6.61 Å². The molecule has 2 rings (SSSR count). The van der Waals surface area contributed by atoms with Gasteiger partial charge in [0, 0.05) is 18.3 Å². The Hall–Kier alpha value is -1.62. The van der Waals surface area contributed by atoms with Crippen molar-refractivity contribution in [1.29, 1.82) is 0 Å². The van der Waals surface area contributed by atoms with Crippen molar-refractivity contribution in [2.24, 2.45) is 0 Å². The second kappa shape index (κ2) is 3.86. The predicted octanol–water partition coefficient (Wildman–Crippen LogP) is -0.210. The summed E-state index contributed by atoms with van der Waals surface area (Å²) in [5, 5.41) is 8.93. The van der Waals surface area contributed by atoms with Gasteiger partial charge in [0.15, 0.2) is 0 Å². The first-order valence-electron chi connectivity index (χ1n) is 4.81. The molecule has 1 aromatic rings. The van der Waals surface area contributed by atoms with Crippen LogP contribution in [0.25, 0.3) is 0 Å². The molecule has 5 nitrogen and oxygen atoms in total. The van der Waals surface area contributed by atoms with Gasteiger partial charge >= 0.3 is 5.69 Å². The normalized spacial score (nSPS) is 20.3. The summed E-state index contributed by atoms with van der Waals surface area (Å²) in [6, 6.07) is 1.36. The highest BCUT2D eigenvalue weighted by Gasteiger charge is 2.18. The molecule has 0 radical (unpaired) electrons. The minimum atomic E-state index is -0.389. The maximum atomic E-state index is 11.4. The monoisotopic (exact) mass is 208 g/mol. The lowest BCUT2D eigenvalue weighted by molar-refractivity contribution is 0.324. The molecular formula is C10H12N2O3. The molecule has 1 atom stereocenters. The van der Waals surface area contributed by atoms with Crippen molar-refractivity contribution in [1.82, 2.24) is 9.55 Å². The smallest absolute Gasteiger partial charge is 0.328 e. The van der Waals surface area contributed by atoms with E-state index in [1.54, 1.807) is 0 Å². The van der Waals surface area contributed by atoms with Crippen LogP contribution in [0.2, 0.25) is 0 Å². The molecule has 0 bridgehead atoms. The van der Waals surface area contributed by atoms with Crippen LogP contribution in [0, 0.1) is 0 Å². The third-order valence-corrected chi connectivity index (χ3v) is 2.62. The van der Waals surface area contributed by atoms with Crippen LogP contribution in [0.5, 0.6) is 0 Å². The first-order valence-corrected chi connectivity index (χ1v) is 4.81. The Morgan fingerprint density at radius 3 is 2.93 bits per heavy atom. The Bertz CT molecular complexity index is 498. The number of H-pyrrole nitrogens is 1. The molecule has 0 fully saturated rings. The van der Waals surface area contributed by atoms with Gasteiger partial charge in [-0.2, -0.15) is 0 Å². The third kappa shape index (κ3) is 1.92. The van der Waals surface area contributed by atoms with Crippen molar-refractivity contribution in [3.05, 3.63) is 44.8 Å². The minimum Gasteiger partial charge on any atom is -0.392 e. The fourth-order valence-electron chi connectivity index (χ4n) is 1.83. The molecule has 0 aromatic carbocycles. The van der Waals surface area contributed by atoms with Crippen LogP contribution in [0.3, 0.4) is 0 Å². The number of allylic oxidation sites excluding steroid dienone is 1. The average Bonchev–Trinajstić information content (AvgIpc) is 2.66. The lowest BCUT2D eigenvalue weighted by Gasteiger charge is -2.12. The summed E-state index contributed by atoms with van der Waals surface area (Å²) in [6.45, 7) is 0.0363. The minimum absolute atomic E-state index is 0.0245. The second-order valence-electron chi connectivity index (χ2n) is 3.63. The Morgan fingerprint density at radius 1 is 1.53 bits per heavy atom. The third-order valence-electron chi connectivity index (χ3n) is 2.62. The molecule has 2 N–H and O–H groups in total. The van der Waals surface area contributed by atoms with E-state index in [1.165, 1.54) is 16.8 Å². The topological polar surface area (TPSA) is 75.1 Å². The second-order valence-corrected chi connectivity index (χ2v) is 3.63. The van der Waals surface area contributed by atoms with Gasteiger partial charge in [0.1, 0.15) is 0 Å². The summed E-state index contributed by atoms with van der Waals surface area (Å²) in [4.78, 5) is 24.5. The molecule has 5 heteroatoms. The van der Waals surface area contributed by atoms with Gasteiger partial charge in [0.2, 0.25) is 0 Å². The highest BCUT2D eigenvalue weighted by Crippen LogP contribution is 2.27. The molecule has 15 heavy (non-hydrogen) atoms. The van der Waals surface area contributed by atoms with E-state index in [1.807, 2.05) is 6.08 Å². The van der Waals surface area contributed by atoms with Crippen LogP contribution in [0.4, 0.5) is 0 Å². The van der Waals surface area contributed by atoms with Crippen LogP contribution >= 0.6 is 0 Å². The van der Waals surface area contributed by atoms with E-state index in [9.17, 15) is 9.59 Å². The van der Waals surface area contributed by atoms with E-state index >= 15 is 0 Å². The average molecular weight is 208 g/mol. The van der Waals surface area contributed by atoms with E-state index < -0.39 is 0 Å². The molecule has 0 unspecified atom stereocenters. The number of nitrogens with one attached hydrogen (secondary N) is 1. The summed E-state index contributed by atoms with van der Waals surface area (Å²) in [6.07, 6.45) is 4.83. The molecule has 1 aliphatic rings. The summed E-state index contributed by atoms with van der Waals surface area (Å²) >= 11 is 0. The van der Waals surface area contributed by atoms with Gasteiger partial charge in [-0.25, -0.2) is 4.79 Å². The predicted molar refractivity (Wildman–Crippen MR) is 54.8 cm³/mol. The largest absolute Gasteiger partial charge is 0.392 e. The maximum Gasteiger partial charge on any atom is 0.328 e. The van der Waals surface area contributed by atoms with Gasteiger partial charge in [-0.3, -0.25) is 14.3 Å². The van der Waals surface area contributed by atoms with E-state index in [4.69, 9.17) is 5.11 Å². The molecule has 0 saturated heterocycles. The molecule has 0 saturated carbocycles. The molecule has 1 aromatic heterocycles. The molecule has 0 aliphatic heterocycles. The van der Waals surface area contributed by atoms with E-state index in [0.29, 0.717) is 6.42 Å². The standard InChI is InChI=1S/C10H12N2O3/c13-6-7-1-2-8(5-7)12-4-3-9(14)11-10(12)15/h1,3-4,8,13H,2,5-6H2,(H,11,14,15)/t8-/m0/s1.